The average molecular weight is 489 g/mol. The number of nitrogens with zero attached hydrogens (tertiary/aromatic N) is 5. The molecule has 0 aromatic carbocycles. The number of aromatic nitrogens is 4. The van der Waals surface area contributed by atoms with E-state index in [9.17, 15) is 0 Å². The molecule has 0 fully saturated rings. The zero-order valence-electron chi connectivity index (χ0n) is 16.0. The molecule has 2 aromatic rings. The summed E-state index contributed by atoms with van der Waals surface area (Å²) < 4.78 is 2.00. The third-order valence-electron chi connectivity index (χ3n) is 4.35. The van der Waals surface area contributed by atoms with Gasteiger partial charge in [-0.1, -0.05) is 13.8 Å². The number of hydrogen-bond donors (Lipinski definition) is 2. The fourth-order valence-corrected chi connectivity index (χ4v) is 4.23. The number of aliphatic imine (C=N–C) groups is 1. The summed E-state index contributed by atoms with van der Waals surface area (Å²) in [7, 11) is 1.79. The van der Waals surface area contributed by atoms with Gasteiger partial charge in [0, 0.05) is 18.5 Å². The SMILES string of the molecule is CN=C(NCc1nc(C(C)C)c(C)s1)NC1CCCn2nc(C)nc21.I. The maximum Gasteiger partial charge on any atom is 0.191 e. The number of fused-ring (bicyclic) bond motifs is 1. The van der Waals surface area contributed by atoms with Crippen molar-refractivity contribution < 1.29 is 0 Å². The Kier molecular flexibility index (Phi) is 7.39. The van der Waals surface area contributed by atoms with E-state index in [1.807, 2.05) is 11.6 Å². The van der Waals surface area contributed by atoms with E-state index in [0.717, 1.165) is 42.0 Å². The highest BCUT2D eigenvalue weighted by Gasteiger charge is 2.24. The molecule has 3 heterocycles. The van der Waals surface area contributed by atoms with Crippen molar-refractivity contribution in [2.24, 2.45) is 4.99 Å². The van der Waals surface area contributed by atoms with Gasteiger partial charge in [0.1, 0.15) is 16.7 Å². The molecule has 0 spiro atoms. The van der Waals surface area contributed by atoms with Crippen molar-refractivity contribution in [3.63, 3.8) is 0 Å². The van der Waals surface area contributed by atoms with Crippen molar-refractivity contribution in [3.8, 4) is 0 Å². The summed E-state index contributed by atoms with van der Waals surface area (Å²) in [5.74, 6) is 3.06. The molecule has 0 bridgehead atoms. The molecule has 144 valence electrons. The maximum absolute atomic E-state index is 4.75. The van der Waals surface area contributed by atoms with Gasteiger partial charge >= 0.3 is 0 Å². The zero-order chi connectivity index (χ0) is 18.0. The molecule has 1 aliphatic heterocycles. The Balaban J connectivity index is 0.00000243. The molecule has 9 heteroatoms. The minimum atomic E-state index is 0. The van der Waals surface area contributed by atoms with Crippen molar-refractivity contribution in [2.45, 2.75) is 65.6 Å². The molecule has 0 aliphatic carbocycles. The lowest BCUT2D eigenvalue weighted by atomic mass is 10.1. The van der Waals surface area contributed by atoms with Crippen LogP contribution in [0.5, 0.6) is 0 Å². The Morgan fingerprint density at radius 2 is 2.12 bits per heavy atom. The molecule has 1 atom stereocenters. The first-order chi connectivity index (χ1) is 12.0. The van der Waals surface area contributed by atoms with Gasteiger partial charge in [0.25, 0.3) is 0 Å². The minimum absolute atomic E-state index is 0. The summed E-state index contributed by atoms with van der Waals surface area (Å²) in [6.07, 6.45) is 2.13. The van der Waals surface area contributed by atoms with Crippen LogP contribution in [0.15, 0.2) is 4.99 Å². The number of rotatable bonds is 4. The highest BCUT2D eigenvalue weighted by Crippen LogP contribution is 2.24. The van der Waals surface area contributed by atoms with Gasteiger partial charge in [-0.3, -0.25) is 4.99 Å². The Hall–Kier alpha value is -1.23. The minimum Gasteiger partial charge on any atom is -0.350 e. The molecule has 0 saturated carbocycles. The molecule has 1 unspecified atom stereocenters. The summed E-state index contributed by atoms with van der Waals surface area (Å²) in [5.41, 5.74) is 1.20. The normalized spacial score (nSPS) is 17.0. The van der Waals surface area contributed by atoms with Crippen molar-refractivity contribution in [2.75, 3.05) is 7.05 Å². The molecule has 2 aromatic heterocycles. The largest absolute Gasteiger partial charge is 0.350 e. The van der Waals surface area contributed by atoms with Crippen LogP contribution in [0.3, 0.4) is 0 Å². The summed E-state index contributed by atoms with van der Waals surface area (Å²) in [4.78, 5) is 15.0. The molecule has 7 nitrogen and oxygen atoms in total. The predicted octanol–water partition coefficient (Wildman–Crippen LogP) is 3.29. The number of hydrogen-bond acceptors (Lipinski definition) is 5. The lowest BCUT2D eigenvalue weighted by Gasteiger charge is -2.24. The van der Waals surface area contributed by atoms with Crippen molar-refractivity contribution in [3.05, 3.63) is 27.2 Å². The number of nitrogens with one attached hydrogen (secondary N) is 2. The van der Waals surface area contributed by atoms with Crippen LogP contribution < -0.4 is 10.6 Å². The second kappa shape index (κ2) is 9.12. The predicted molar refractivity (Wildman–Crippen MR) is 116 cm³/mol. The summed E-state index contributed by atoms with van der Waals surface area (Å²) in [5, 5.41) is 12.4. The standard InChI is InChI=1S/C17H27N7S.HI/c1-10(2)15-11(3)25-14(22-15)9-19-17(18-5)21-13-7-6-8-24-16(13)20-12(4)23-24;/h10,13H,6-9H2,1-5H3,(H2,18,19,21);1H. The van der Waals surface area contributed by atoms with Crippen LogP contribution in [0.25, 0.3) is 0 Å². The lowest BCUT2D eigenvalue weighted by Crippen LogP contribution is -2.41. The van der Waals surface area contributed by atoms with Gasteiger partial charge in [0.15, 0.2) is 5.96 Å². The van der Waals surface area contributed by atoms with Gasteiger partial charge in [-0.15, -0.1) is 35.3 Å². The van der Waals surface area contributed by atoms with Gasteiger partial charge in [-0.2, -0.15) is 5.10 Å². The van der Waals surface area contributed by atoms with E-state index >= 15 is 0 Å². The van der Waals surface area contributed by atoms with Crippen LogP contribution in [0, 0.1) is 13.8 Å². The number of halogens is 1. The highest BCUT2D eigenvalue weighted by atomic mass is 127. The monoisotopic (exact) mass is 489 g/mol. The van der Waals surface area contributed by atoms with E-state index in [4.69, 9.17) is 4.98 Å². The van der Waals surface area contributed by atoms with Gasteiger partial charge in [0.2, 0.25) is 0 Å². The third-order valence-corrected chi connectivity index (χ3v) is 5.33. The first-order valence-electron chi connectivity index (χ1n) is 8.82. The van der Waals surface area contributed by atoms with Crippen LogP contribution in [0.1, 0.15) is 65.9 Å². The van der Waals surface area contributed by atoms with E-state index in [1.165, 1.54) is 10.6 Å². The Morgan fingerprint density at radius 3 is 2.77 bits per heavy atom. The molecule has 26 heavy (non-hydrogen) atoms. The smallest absolute Gasteiger partial charge is 0.191 e. The van der Waals surface area contributed by atoms with Gasteiger partial charge in [-0.05, 0) is 32.6 Å². The molecular formula is C17H28IN7S. The molecule has 2 N–H and O–H groups in total. The second-order valence-electron chi connectivity index (χ2n) is 6.71. The van der Waals surface area contributed by atoms with Crippen LogP contribution in [0.2, 0.25) is 0 Å². The summed E-state index contributed by atoms with van der Waals surface area (Å²) >= 11 is 1.75. The molecule has 0 radical (unpaired) electrons. The molecule has 3 rings (SSSR count). The first-order valence-corrected chi connectivity index (χ1v) is 9.64. The van der Waals surface area contributed by atoms with Gasteiger partial charge in [-0.25, -0.2) is 14.6 Å². The van der Waals surface area contributed by atoms with E-state index in [-0.39, 0.29) is 30.0 Å². The van der Waals surface area contributed by atoms with Crippen molar-refractivity contribution >= 4 is 41.3 Å². The molecular weight excluding hydrogens is 461 g/mol. The van der Waals surface area contributed by atoms with E-state index in [2.05, 4.69) is 46.5 Å². The van der Waals surface area contributed by atoms with Crippen molar-refractivity contribution in [1.82, 2.24) is 30.4 Å². The topological polar surface area (TPSA) is 80.0 Å². The zero-order valence-corrected chi connectivity index (χ0v) is 19.2. The van der Waals surface area contributed by atoms with Gasteiger partial charge in [0.05, 0.1) is 18.3 Å². The number of aryl methyl sites for hydroxylation is 3. The molecule has 0 amide bonds. The average Bonchev–Trinajstić information content (AvgIpc) is 3.13. The Labute approximate surface area is 176 Å². The summed E-state index contributed by atoms with van der Waals surface area (Å²) in [6, 6.07) is 0.144. The van der Waals surface area contributed by atoms with Crippen LogP contribution in [-0.4, -0.2) is 32.8 Å². The molecule has 0 saturated heterocycles. The van der Waals surface area contributed by atoms with Crippen LogP contribution in [-0.2, 0) is 13.1 Å². The number of guanidine groups is 1. The van der Waals surface area contributed by atoms with Gasteiger partial charge < -0.3 is 10.6 Å². The third kappa shape index (κ3) is 4.73. The highest BCUT2D eigenvalue weighted by molar-refractivity contribution is 14.0. The van der Waals surface area contributed by atoms with Crippen LogP contribution >= 0.6 is 35.3 Å². The fraction of sp³-hybridized carbons (Fsp3) is 0.647. The fourth-order valence-electron chi connectivity index (χ4n) is 3.20. The van der Waals surface area contributed by atoms with Crippen molar-refractivity contribution in [1.29, 1.82) is 0 Å². The number of thiazole rings is 1. The van der Waals surface area contributed by atoms with E-state index in [0.29, 0.717) is 12.5 Å². The lowest BCUT2D eigenvalue weighted by molar-refractivity contribution is 0.397. The van der Waals surface area contributed by atoms with E-state index in [1.54, 1.807) is 18.4 Å². The summed E-state index contributed by atoms with van der Waals surface area (Å²) in [6.45, 7) is 10.1. The second-order valence-corrected chi connectivity index (χ2v) is 8.00. The van der Waals surface area contributed by atoms with E-state index < -0.39 is 0 Å². The Morgan fingerprint density at radius 1 is 1.35 bits per heavy atom. The Bertz CT molecular complexity index is 765. The first kappa shape index (κ1) is 21.1. The quantitative estimate of drug-likeness (QED) is 0.392. The van der Waals surface area contributed by atoms with Crippen LogP contribution in [0.4, 0.5) is 0 Å². The maximum atomic E-state index is 4.75. The molecule has 1 aliphatic rings.